The predicted molar refractivity (Wildman–Crippen MR) is 135 cm³/mol. The molecule has 0 aromatic heterocycles. The van der Waals surface area contributed by atoms with Gasteiger partial charge in [0.25, 0.3) is 0 Å². The van der Waals surface area contributed by atoms with Crippen molar-refractivity contribution in [2.24, 2.45) is 10.7 Å². The minimum atomic E-state index is -3.89. The van der Waals surface area contributed by atoms with E-state index in [1.54, 1.807) is 11.0 Å². The quantitative estimate of drug-likeness (QED) is 0.444. The zero-order valence-corrected chi connectivity index (χ0v) is 20.2. The molecule has 2 atom stereocenters. The molecular weight excluding hydrogens is 450 g/mol. The van der Waals surface area contributed by atoms with Crippen LogP contribution in [0.25, 0.3) is 0 Å². The molecule has 2 aliphatic rings. The highest BCUT2D eigenvalue weighted by molar-refractivity contribution is 7.90. The van der Waals surface area contributed by atoms with Gasteiger partial charge in [-0.1, -0.05) is 61.9 Å². The third-order valence-electron chi connectivity index (χ3n) is 6.29. The fourth-order valence-corrected chi connectivity index (χ4v) is 6.11. The highest BCUT2D eigenvalue weighted by Crippen LogP contribution is 2.36. The van der Waals surface area contributed by atoms with Gasteiger partial charge in [0.05, 0.1) is 12.6 Å². The molecule has 0 saturated carbocycles. The van der Waals surface area contributed by atoms with Gasteiger partial charge in [0.2, 0.25) is 16.0 Å². The Morgan fingerprint density at radius 1 is 1.29 bits per heavy atom. The molecule has 0 bridgehead atoms. The number of nitrogens with zero attached hydrogens (tertiary/aromatic N) is 3. The smallest absolute Gasteiger partial charge is 0.321 e. The van der Waals surface area contributed by atoms with Crippen molar-refractivity contribution in [1.29, 1.82) is 0 Å². The van der Waals surface area contributed by atoms with Crippen LogP contribution in [0.4, 0.5) is 10.5 Å². The summed E-state index contributed by atoms with van der Waals surface area (Å²) in [5, 5.41) is 1.96. The van der Waals surface area contributed by atoms with Gasteiger partial charge in [-0.25, -0.2) is 22.5 Å². The van der Waals surface area contributed by atoms with Crippen molar-refractivity contribution in [3.8, 4) is 0 Å². The fourth-order valence-electron chi connectivity index (χ4n) is 4.45. The standard InChI is InChI=1S/C25H31N5O3S/c1-3-5-14-27-25(31)29-15-13-19-16-20(11-12-22(19)29)23(4-2)34(32,33)30-17-21(28-24(30)26)18-9-7-6-8-10-18/h4,6-12,16,21,23H,2-3,5,13-15,17H2,1H3,(H2,26,28)(H,27,31). The zero-order chi connectivity index (χ0) is 24.3. The number of hydrogen-bond acceptors (Lipinski definition) is 5. The van der Waals surface area contributed by atoms with Crippen LogP contribution in [0.5, 0.6) is 0 Å². The number of urea groups is 1. The minimum Gasteiger partial charge on any atom is -0.369 e. The van der Waals surface area contributed by atoms with Crippen molar-refractivity contribution in [3.05, 3.63) is 77.9 Å². The van der Waals surface area contributed by atoms with Crippen molar-refractivity contribution >= 4 is 27.7 Å². The second-order valence-electron chi connectivity index (χ2n) is 8.52. The first-order valence-electron chi connectivity index (χ1n) is 11.6. The van der Waals surface area contributed by atoms with Crippen molar-refractivity contribution < 1.29 is 13.2 Å². The Morgan fingerprint density at radius 2 is 2.06 bits per heavy atom. The average molecular weight is 482 g/mol. The highest BCUT2D eigenvalue weighted by atomic mass is 32.2. The SMILES string of the molecule is C=CC(c1ccc2c(c1)CCN2C(=O)NCCCC)S(=O)(=O)N1CC(c2ccccc2)N=C1N. The first-order valence-corrected chi connectivity index (χ1v) is 13.1. The van der Waals surface area contributed by atoms with Crippen molar-refractivity contribution in [3.63, 3.8) is 0 Å². The van der Waals surface area contributed by atoms with Crippen LogP contribution in [0, 0.1) is 0 Å². The van der Waals surface area contributed by atoms with E-state index >= 15 is 0 Å². The van der Waals surface area contributed by atoms with Gasteiger partial charge in [0.1, 0.15) is 5.25 Å². The largest absolute Gasteiger partial charge is 0.369 e. The minimum absolute atomic E-state index is 0.0169. The third-order valence-corrected chi connectivity index (χ3v) is 8.35. The van der Waals surface area contributed by atoms with Gasteiger partial charge >= 0.3 is 6.03 Å². The van der Waals surface area contributed by atoms with E-state index in [-0.39, 0.29) is 24.6 Å². The lowest BCUT2D eigenvalue weighted by atomic mass is 10.1. The molecule has 3 N–H and O–H groups in total. The lowest BCUT2D eigenvalue weighted by Gasteiger charge is -2.24. The molecule has 8 nitrogen and oxygen atoms in total. The van der Waals surface area contributed by atoms with Crippen LogP contribution in [0.3, 0.4) is 0 Å². The third kappa shape index (κ3) is 4.52. The number of amides is 2. The number of sulfonamides is 1. The highest BCUT2D eigenvalue weighted by Gasteiger charge is 2.38. The molecule has 2 aliphatic heterocycles. The van der Waals surface area contributed by atoms with Gasteiger partial charge in [0.15, 0.2) is 0 Å². The van der Waals surface area contributed by atoms with Gasteiger partial charge in [0, 0.05) is 18.8 Å². The molecule has 0 fully saturated rings. The second-order valence-corrected chi connectivity index (χ2v) is 10.5. The van der Waals surface area contributed by atoms with E-state index in [0.29, 0.717) is 25.1 Å². The maximum Gasteiger partial charge on any atom is 0.321 e. The number of benzene rings is 2. The van der Waals surface area contributed by atoms with E-state index in [1.807, 2.05) is 42.5 Å². The lowest BCUT2D eigenvalue weighted by molar-refractivity contribution is 0.246. The Bertz CT molecular complexity index is 1200. The van der Waals surface area contributed by atoms with Gasteiger partial charge in [-0.3, -0.25) is 4.90 Å². The molecule has 2 unspecified atom stereocenters. The van der Waals surface area contributed by atoms with Crippen LogP contribution >= 0.6 is 0 Å². The number of aliphatic imine (C=N–C) groups is 1. The van der Waals surface area contributed by atoms with Gasteiger partial charge in [-0.15, -0.1) is 6.58 Å². The van der Waals surface area contributed by atoms with Crippen molar-refractivity contribution in [2.75, 3.05) is 24.5 Å². The number of guanidine groups is 1. The normalized spacial score (nSPS) is 18.4. The molecule has 34 heavy (non-hydrogen) atoms. The van der Waals surface area contributed by atoms with E-state index in [1.165, 1.54) is 10.4 Å². The number of rotatable bonds is 8. The van der Waals surface area contributed by atoms with Crippen LogP contribution in [0.2, 0.25) is 0 Å². The number of hydrogen-bond donors (Lipinski definition) is 2. The number of nitrogens with two attached hydrogens (primary N) is 1. The van der Waals surface area contributed by atoms with Gasteiger partial charge in [-0.2, -0.15) is 0 Å². The maximum atomic E-state index is 13.6. The van der Waals surface area contributed by atoms with E-state index in [4.69, 9.17) is 5.73 Å². The van der Waals surface area contributed by atoms with Crippen LogP contribution in [0.15, 0.2) is 66.2 Å². The Morgan fingerprint density at radius 3 is 2.76 bits per heavy atom. The Kier molecular flexibility index (Phi) is 6.92. The molecular formula is C25H31N5O3S. The first kappa shape index (κ1) is 23.8. The summed E-state index contributed by atoms with van der Waals surface area (Å²) in [6.07, 6.45) is 4.02. The molecule has 0 aliphatic carbocycles. The predicted octanol–water partition coefficient (Wildman–Crippen LogP) is 3.49. The number of unbranched alkanes of at least 4 members (excludes halogenated alkanes) is 1. The van der Waals surface area contributed by atoms with Crippen LogP contribution < -0.4 is 16.0 Å². The Balaban J connectivity index is 1.54. The summed E-state index contributed by atoms with van der Waals surface area (Å²) >= 11 is 0. The molecule has 0 spiro atoms. The molecule has 4 rings (SSSR count). The van der Waals surface area contributed by atoms with Gasteiger partial charge < -0.3 is 11.1 Å². The number of anilines is 1. The van der Waals surface area contributed by atoms with Crippen LogP contribution in [-0.2, 0) is 16.4 Å². The topological polar surface area (TPSA) is 108 Å². The van der Waals surface area contributed by atoms with E-state index in [0.717, 1.165) is 29.7 Å². The lowest BCUT2D eigenvalue weighted by Crippen LogP contribution is -2.41. The van der Waals surface area contributed by atoms with Crippen LogP contribution in [-0.4, -0.2) is 44.3 Å². The van der Waals surface area contributed by atoms with Gasteiger partial charge in [-0.05, 0) is 35.6 Å². The Labute approximate surface area is 201 Å². The number of carbonyl (C=O) groups excluding carboxylic acids is 1. The van der Waals surface area contributed by atoms with Crippen LogP contribution in [0.1, 0.15) is 47.7 Å². The second kappa shape index (κ2) is 9.89. The maximum absolute atomic E-state index is 13.6. The molecule has 0 saturated heterocycles. The monoisotopic (exact) mass is 481 g/mol. The molecule has 2 aromatic carbocycles. The number of fused-ring (bicyclic) bond motifs is 1. The Hall–Kier alpha value is -3.33. The zero-order valence-electron chi connectivity index (χ0n) is 19.4. The van der Waals surface area contributed by atoms with E-state index in [9.17, 15) is 13.2 Å². The molecule has 9 heteroatoms. The number of nitrogens with one attached hydrogen (secondary N) is 1. The van der Waals surface area contributed by atoms with Crippen molar-refractivity contribution in [2.45, 2.75) is 37.5 Å². The molecule has 180 valence electrons. The summed E-state index contributed by atoms with van der Waals surface area (Å²) in [4.78, 5) is 18.6. The fraction of sp³-hybridized carbons (Fsp3) is 0.360. The summed E-state index contributed by atoms with van der Waals surface area (Å²) < 4.78 is 28.4. The molecule has 0 radical (unpaired) electrons. The average Bonchev–Trinajstić information content (AvgIpc) is 3.44. The molecule has 2 aromatic rings. The summed E-state index contributed by atoms with van der Waals surface area (Å²) in [5.74, 6) is -0.0169. The van der Waals surface area contributed by atoms with Crippen molar-refractivity contribution in [1.82, 2.24) is 9.62 Å². The number of carbonyl (C=O) groups is 1. The van der Waals surface area contributed by atoms with E-state index < -0.39 is 15.3 Å². The van der Waals surface area contributed by atoms with E-state index in [2.05, 4.69) is 23.8 Å². The first-order chi connectivity index (χ1) is 16.4. The summed E-state index contributed by atoms with van der Waals surface area (Å²) in [6, 6.07) is 14.5. The summed E-state index contributed by atoms with van der Waals surface area (Å²) in [5.41, 5.74) is 9.32. The molecule has 2 heterocycles. The summed E-state index contributed by atoms with van der Waals surface area (Å²) in [6.45, 7) is 7.22. The summed E-state index contributed by atoms with van der Waals surface area (Å²) in [7, 11) is -3.89. The molecule has 2 amide bonds.